The zero-order valence-electron chi connectivity index (χ0n) is 17.1. The number of carbonyl (C=O) groups is 1. The lowest BCUT2D eigenvalue weighted by atomic mass is 9.77. The molecule has 0 N–H and O–H groups in total. The van der Waals surface area contributed by atoms with Gasteiger partial charge in [-0.15, -0.1) is 0 Å². The van der Waals surface area contributed by atoms with Crippen LogP contribution in [-0.4, -0.2) is 20.5 Å². The van der Waals surface area contributed by atoms with E-state index in [1.807, 2.05) is 48.0 Å². The van der Waals surface area contributed by atoms with Crippen molar-refractivity contribution in [1.29, 1.82) is 0 Å². The highest BCUT2D eigenvalue weighted by atomic mass is 16.6. The summed E-state index contributed by atoms with van der Waals surface area (Å²) in [7, 11) is 0. The molecule has 0 radical (unpaired) electrons. The van der Waals surface area contributed by atoms with Crippen molar-refractivity contribution in [3.8, 4) is 5.88 Å². The highest BCUT2D eigenvalue weighted by molar-refractivity contribution is 5.99. The number of ether oxygens (including phenoxy) is 1. The molecule has 1 aromatic heterocycles. The predicted molar refractivity (Wildman–Crippen MR) is 114 cm³/mol. The summed E-state index contributed by atoms with van der Waals surface area (Å²) in [6, 6.07) is 16.5. The largest absolute Gasteiger partial charge is 0.443 e. The van der Waals surface area contributed by atoms with E-state index < -0.39 is 10.8 Å². The van der Waals surface area contributed by atoms with E-state index in [1.165, 1.54) is 6.07 Å². The minimum atomic E-state index is -0.420. The molecule has 2 heterocycles. The molecule has 0 saturated carbocycles. The van der Waals surface area contributed by atoms with Gasteiger partial charge in [-0.05, 0) is 24.5 Å². The van der Waals surface area contributed by atoms with Crippen molar-refractivity contribution in [2.45, 2.75) is 38.6 Å². The smallest absolute Gasteiger partial charge is 0.269 e. The number of hydrogen-bond acceptors (Lipinski definition) is 5. The molecule has 7 heteroatoms. The molecule has 0 fully saturated rings. The number of non-ortho nitro benzene ring substituents is 1. The van der Waals surface area contributed by atoms with Crippen molar-refractivity contribution in [2.75, 3.05) is 0 Å². The Morgan fingerprint density at radius 3 is 2.74 bits per heavy atom. The summed E-state index contributed by atoms with van der Waals surface area (Å²) in [6.45, 7) is 2.43. The molecule has 3 aromatic rings. The molecule has 0 unspecified atom stereocenters. The van der Waals surface area contributed by atoms with Crippen LogP contribution in [0.1, 0.15) is 47.6 Å². The van der Waals surface area contributed by atoms with Crippen LogP contribution in [0.4, 0.5) is 5.69 Å². The summed E-state index contributed by atoms with van der Waals surface area (Å²) in [5, 5.41) is 16.1. The van der Waals surface area contributed by atoms with Crippen molar-refractivity contribution >= 4 is 11.5 Å². The lowest BCUT2D eigenvalue weighted by molar-refractivity contribution is -0.384. The van der Waals surface area contributed by atoms with Crippen LogP contribution in [-0.2, 0) is 11.3 Å². The van der Waals surface area contributed by atoms with E-state index in [1.54, 1.807) is 12.1 Å². The first-order valence-corrected chi connectivity index (χ1v) is 10.3. The van der Waals surface area contributed by atoms with Gasteiger partial charge < -0.3 is 4.74 Å². The van der Waals surface area contributed by atoms with E-state index in [2.05, 4.69) is 0 Å². The number of nitro groups is 1. The molecule has 0 saturated heterocycles. The average Bonchev–Trinajstić information content (AvgIpc) is 3.08. The molecule has 2 aromatic carbocycles. The monoisotopic (exact) mass is 415 g/mol. The number of fused-ring (bicyclic) bond motifs is 1. The average molecular weight is 415 g/mol. The predicted octanol–water partition coefficient (Wildman–Crippen LogP) is 4.68. The van der Waals surface area contributed by atoms with Crippen LogP contribution in [0.3, 0.4) is 0 Å². The number of Topliss-reactive ketones (excluding diaryl/α,β-unsaturated/α-hetero) is 1. The number of allylic oxidation sites excluding steroid dienone is 2. The first-order chi connectivity index (χ1) is 15.0. The quantitative estimate of drug-likeness (QED) is 0.456. The van der Waals surface area contributed by atoms with E-state index in [0.29, 0.717) is 42.2 Å². The maximum Gasteiger partial charge on any atom is 0.269 e. The molecule has 1 aliphatic carbocycles. The van der Waals surface area contributed by atoms with Crippen molar-refractivity contribution < 1.29 is 14.5 Å². The second kappa shape index (κ2) is 7.50. The van der Waals surface area contributed by atoms with E-state index in [-0.39, 0.29) is 11.5 Å². The molecule has 0 spiro atoms. The van der Waals surface area contributed by atoms with Crippen LogP contribution < -0.4 is 4.74 Å². The van der Waals surface area contributed by atoms with Crippen molar-refractivity contribution in [1.82, 2.24) is 9.78 Å². The number of rotatable bonds is 4. The fourth-order valence-electron chi connectivity index (χ4n) is 4.55. The summed E-state index contributed by atoms with van der Waals surface area (Å²) < 4.78 is 8.11. The fourth-order valence-corrected chi connectivity index (χ4v) is 4.55. The van der Waals surface area contributed by atoms with Gasteiger partial charge in [0.25, 0.3) is 5.69 Å². The van der Waals surface area contributed by atoms with Crippen LogP contribution in [0.2, 0.25) is 0 Å². The summed E-state index contributed by atoms with van der Waals surface area (Å²) in [6.07, 6.45) is 1.86. The number of hydrogen-bond donors (Lipinski definition) is 0. The fraction of sp³-hybridized carbons (Fsp3) is 0.250. The maximum atomic E-state index is 13.0. The molecule has 1 atom stereocenters. The van der Waals surface area contributed by atoms with E-state index >= 15 is 0 Å². The second-order valence-corrected chi connectivity index (χ2v) is 7.95. The Bertz CT molecular complexity index is 1230. The molecule has 1 aliphatic heterocycles. The summed E-state index contributed by atoms with van der Waals surface area (Å²) in [4.78, 5) is 23.9. The maximum absolute atomic E-state index is 13.0. The molecule has 7 nitrogen and oxygen atoms in total. The van der Waals surface area contributed by atoms with Gasteiger partial charge in [0.2, 0.25) is 5.88 Å². The normalized spacial score (nSPS) is 17.7. The Labute approximate surface area is 179 Å². The Morgan fingerprint density at radius 1 is 1.16 bits per heavy atom. The summed E-state index contributed by atoms with van der Waals surface area (Å²) >= 11 is 0. The van der Waals surface area contributed by atoms with Crippen molar-refractivity contribution in [3.05, 3.63) is 98.4 Å². The third-order valence-corrected chi connectivity index (χ3v) is 5.92. The lowest BCUT2D eigenvalue weighted by Gasteiger charge is -2.31. The van der Waals surface area contributed by atoms with Gasteiger partial charge in [0, 0.05) is 42.0 Å². The third kappa shape index (κ3) is 3.32. The minimum absolute atomic E-state index is 0.00489. The molecular formula is C24H21N3O4. The van der Waals surface area contributed by atoms with Gasteiger partial charge >= 0.3 is 0 Å². The number of nitro benzene ring substituents is 1. The Balaban J connectivity index is 1.68. The minimum Gasteiger partial charge on any atom is -0.443 e. The van der Waals surface area contributed by atoms with Gasteiger partial charge in [-0.25, -0.2) is 4.68 Å². The molecule has 0 amide bonds. The van der Waals surface area contributed by atoms with E-state index in [9.17, 15) is 14.9 Å². The number of carbonyl (C=O) groups excluding carboxylic acids is 1. The molecule has 156 valence electrons. The van der Waals surface area contributed by atoms with Crippen molar-refractivity contribution in [3.63, 3.8) is 0 Å². The zero-order chi connectivity index (χ0) is 21.5. The second-order valence-electron chi connectivity index (χ2n) is 7.95. The Kier molecular flexibility index (Phi) is 4.66. The van der Waals surface area contributed by atoms with Crippen LogP contribution in [0, 0.1) is 17.0 Å². The van der Waals surface area contributed by atoms with E-state index in [0.717, 1.165) is 23.2 Å². The highest BCUT2D eigenvalue weighted by Gasteiger charge is 2.40. The highest BCUT2D eigenvalue weighted by Crippen LogP contribution is 2.48. The number of aryl methyl sites for hydroxylation is 1. The van der Waals surface area contributed by atoms with Gasteiger partial charge in [-0.1, -0.05) is 42.5 Å². The first kappa shape index (κ1) is 19.2. The van der Waals surface area contributed by atoms with Crippen molar-refractivity contribution in [2.24, 2.45) is 0 Å². The number of benzene rings is 2. The Hall–Kier alpha value is -3.74. The number of aromatic nitrogens is 2. The van der Waals surface area contributed by atoms with Gasteiger partial charge in [0.1, 0.15) is 5.76 Å². The van der Waals surface area contributed by atoms with Crippen LogP contribution >= 0.6 is 0 Å². The van der Waals surface area contributed by atoms with Crippen LogP contribution in [0.15, 0.2) is 65.9 Å². The van der Waals surface area contributed by atoms with Gasteiger partial charge in [-0.3, -0.25) is 14.9 Å². The first-order valence-electron chi connectivity index (χ1n) is 10.3. The molecule has 31 heavy (non-hydrogen) atoms. The summed E-state index contributed by atoms with van der Waals surface area (Å²) in [5.74, 6) is 0.898. The van der Waals surface area contributed by atoms with Crippen LogP contribution in [0.25, 0.3) is 0 Å². The third-order valence-electron chi connectivity index (χ3n) is 5.92. The molecule has 5 rings (SSSR count). The van der Waals surface area contributed by atoms with Crippen LogP contribution in [0.5, 0.6) is 5.88 Å². The van der Waals surface area contributed by atoms with E-state index in [4.69, 9.17) is 9.84 Å². The van der Waals surface area contributed by atoms with Gasteiger partial charge in [0.05, 0.1) is 17.2 Å². The zero-order valence-corrected chi connectivity index (χ0v) is 17.1. The summed E-state index contributed by atoms with van der Waals surface area (Å²) in [5.41, 5.74) is 3.98. The van der Waals surface area contributed by atoms with Gasteiger partial charge in [-0.2, -0.15) is 5.10 Å². The SMILES string of the molecule is Cc1nn(Cc2ccccc2)c2c1[C@H](c1cccc([N+](=O)[O-])c1)C1=C(CCCC1=O)O2. The topological polar surface area (TPSA) is 87.3 Å². The Morgan fingerprint density at radius 2 is 1.97 bits per heavy atom. The molecular weight excluding hydrogens is 394 g/mol. The number of nitrogens with zero attached hydrogens (tertiary/aromatic N) is 3. The molecule has 0 bridgehead atoms. The molecule has 2 aliphatic rings. The van der Waals surface area contributed by atoms with Gasteiger partial charge in [0.15, 0.2) is 5.78 Å². The standard InChI is InChI=1S/C24H21N3O4/c1-15-21-22(17-9-5-10-18(13-17)27(29)30)23-19(28)11-6-12-20(23)31-24(21)26(25-15)14-16-7-3-2-4-8-16/h2-5,7-10,13,22H,6,11-12,14H2,1H3/t22-/m0/s1. The lowest BCUT2D eigenvalue weighted by Crippen LogP contribution is -2.26. The number of ketones is 1.